The molecule has 1 aliphatic heterocycles. The zero-order valence-corrected chi connectivity index (χ0v) is 15.2. The van der Waals surface area contributed by atoms with Gasteiger partial charge in [0.05, 0.1) is 5.69 Å². The minimum Gasteiger partial charge on any atom is -0.290 e. The van der Waals surface area contributed by atoms with E-state index >= 15 is 0 Å². The molecule has 0 fully saturated rings. The first kappa shape index (κ1) is 16.5. The van der Waals surface area contributed by atoms with Crippen molar-refractivity contribution in [1.29, 1.82) is 0 Å². The van der Waals surface area contributed by atoms with Crippen LogP contribution in [0, 0.1) is 0 Å². The number of hydrogen-bond acceptors (Lipinski definition) is 2. The highest BCUT2D eigenvalue weighted by atomic mass is 79.9. The van der Waals surface area contributed by atoms with Crippen molar-refractivity contribution in [3.8, 4) is 0 Å². The molecular formula is C17H12BrCl2NO2. The van der Waals surface area contributed by atoms with Crippen LogP contribution in [-0.2, 0) is 4.79 Å². The van der Waals surface area contributed by atoms with Crippen molar-refractivity contribution in [3.63, 3.8) is 0 Å². The predicted molar refractivity (Wildman–Crippen MR) is 95.3 cm³/mol. The molecule has 3 nitrogen and oxygen atoms in total. The molecule has 1 heterocycles. The molecule has 6 heteroatoms. The number of halogens is 3. The number of alkyl halides is 2. The van der Waals surface area contributed by atoms with E-state index in [0.29, 0.717) is 16.8 Å². The average molecular weight is 413 g/mol. The number of hydrogen-bond donors (Lipinski definition) is 0. The summed E-state index contributed by atoms with van der Waals surface area (Å²) in [5.41, 5.74) is 1.56. The van der Waals surface area contributed by atoms with Crippen LogP contribution in [0.4, 0.5) is 5.69 Å². The lowest BCUT2D eigenvalue weighted by atomic mass is 9.99. The Bertz CT molecular complexity index is 793. The summed E-state index contributed by atoms with van der Waals surface area (Å²) in [7, 11) is 0. The summed E-state index contributed by atoms with van der Waals surface area (Å²) >= 11 is 16.6. The van der Waals surface area contributed by atoms with E-state index in [4.69, 9.17) is 23.2 Å². The minimum atomic E-state index is -1.68. The third-order valence-corrected chi connectivity index (χ3v) is 5.61. The Hall–Kier alpha value is -1.36. The Morgan fingerprint density at radius 1 is 1.17 bits per heavy atom. The molecule has 0 aliphatic carbocycles. The molecule has 0 saturated carbocycles. The van der Waals surface area contributed by atoms with Crippen molar-refractivity contribution in [1.82, 2.24) is 0 Å². The third kappa shape index (κ3) is 2.49. The van der Waals surface area contributed by atoms with Gasteiger partial charge >= 0.3 is 0 Å². The van der Waals surface area contributed by atoms with E-state index in [0.717, 1.165) is 4.47 Å². The van der Waals surface area contributed by atoms with Crippen LogP contribution < -0.4 is 4.90 Å². The van der Waals surface area contributed by atoms with E-state index in [9.17, 15) is 9.59 Å². The van der Waals surface area contributed by atoms with Crippen molar-refractivity contribution in [3.05, 3.63) is 64.1 Å². The van der Waals surface area contributed by atoms with Crippen LogP contribution >= 0.6 is 39.1 Å². The number of benzene rings is 2. The van der Waals surface area contributed by atoms with Crippen molar-refractivity contribution in [2.75, 3.05) is 4.90 Å². The molecule has 1 amide bonds. The monoisotopic (exact) mass is 411 g/mol. The molecule has 0 aromatic heterocycles. The number of para-hydroxylation sites is 1. The second-order valence-electron chi connectivity index (χ2n) is 5.29. The molecule has 23 heavy (non-hydrogen) atoms. The SMILES string of the molecule is CC(=O)N1c2ccccc2C(=O)C1(Cl)C(Cl)c1ccc(Br)cc1. The maximum atomic E-state index is 12.9. The highest BCUT2D eigenvalue weighted by Gasteiger charge is 2.56. The number of carbonyl (C=O) groups excluding carboxylic acids is 2. The summed E-state index contributed by atoms with van der Waals surface area (Å²) in [4.78, 5) is 24.7. The fourth-order valence-electron chi connectivity index (χ4n) is 2.81. The van der Waals surface area contributed by atoms with E-state index in [1.807, 2.05) is 12.1 Å². The summed E-state index contributed by atoms with van der Waals surface area (Å²) in [5.74, 6) is -0.700. The van der Waals surface area contributed by atoms with Crippen LogP contribution in [0.3, 0.4) is 0 Å². The van der Waals surface area contributed by atoms with Gasteiger partial charge in [0, 0.05) is 17.0 Å². The third-order valence-electron chi connectivity index (χ3n) is 3.85. The van der Waals surface area contributed by atoms with Gasteiger partial charge in [0.1, 0.15) is 5.38 Å². The molecule has 0 N–H and O–H groups in total. The van der Waals surface area contributed by atoms with E-state index < -0.39 is 10.4 Å². The van der Waals surface area contributed by atoms with Gasteiger partial charge in [-0.3, -0.25) is 14.5 Å². The minimum absolute atomic E-state index is 0.332. The molecule has 2 atom stereocenters. The van der Waals surface area contributed by atoms with Crippen molar-refractivity contribution in [2.45, 2.75) is 17.3 Å². The predicted octanol–water partition coefficient (Wildman–Crippen LogP) is 4.91. The molecule has 2 aromatic rings. The van der Waals surface area contributed by atoms with Crippen LogP contribution in [0.25, 0.3) is 0 Å². The highest BCUT2D eigenvalue weighted by Crippen LogP contribution is 2.50. The number of ketones is 1. The lowest BCUT2D eigenvalue weighted by Crippen LogP contribution is -2.51. The van der Waals surface area contributed by atoms with Crippen molar-refractivity contribution >= 4 is 56.5 Å². The fourth-order valence-corrected chi connectivity index (χ4v) is 3.85. The number of Topliss-reactive ketones (excluding diaryl/α,β-unsaturated/α-hetero) is 1. The van der Waals surface area contributed by atoms with Crippen molar-refractivity contribution in [2.24, 2.45) is 0 Å². The molecule has 2 aromatic carbocycles. The number of carbonyl (C=O) groups is 2. The smallest absolute Gasteiger partial charge is 0.225 e. The number of fused-ring (bicyclic) bond motifs is 1. The summed E-state index contributed by atoms with van der Waals surface area (Å²) in [6.07, 6.45) is 0. The lowest BCUT2D eigenvalue weighted by molar-refractivity contribution is -0.117. The normalized spacial score (nSPS) is 21.2. The van der Waals surface area contributed by atoms with E-state index in [1.54, 1.807) is 36.4 Å². The Kier molecular flexibility index (Phi) is 4.25. The summed E-state index contributed by atoms with van der Waals surface area (Å²) in [5, 5.41) is -0.888. The van der Waals surface area contributed by atoms with Crippen molar-refractivity contribution < 1.29 is 9.59 Å². The second kappa shape index (κ2) is 5.93. The average Bonchev–Trinajstić information content (AvgIpc) is 2.77. The van der Waals surface area contributed by atoms with E-state index in [1.165, 1.54) is 11.8 Å². The fraction of sp³-hybridized carbons (Fsp3) is 0.176. The second-order valence-corrected chi connectivity index (χ2v) is 7.22. The van der Waals surface area contributed by atoms with Gasteiger partial charge in [0.15, 0.2) is 0 Å². The van der Waals surface area contributed by atoms with Crippen LogP contribution in [0.15, 0.2) is 53.0 Å². The summed E-state index contributed by atoms with van der Waals surface area (Å²) in [6, 6.07) is 14.0. The van der Waals surface area contributed by atoms with Gasteiger partial charge in [-0.2, -0.15) is 0 Å². The molecule has 0 bridgehead atoms. The van der Waals surface area contributed by atoms with Gasteiger partial charge in [0.2, 0.25) is 16.7 Å². The molecule has 3 rings (SSSR count). The van der Waals surface area contributed by atoms with Crippen LogP contribution in [0.2, 0.25) is 0 Å². The zero-order valence-electron chi connectivity index (χ0n) is 12.1. The molecule has 0 spiro atoms. The van der Waals surface area contributed by atoms with Gasteiger partial charge in [0.25, 0.3) is 0 Å². The number of amides is 1. The number of nitrogens with zero attached hydrogens (tertiary/aromatic N) is 1. The van der Waals surface area contributed by atoms with Crippen LogP contribution in [0.1, 0.15) is 28.2 Å². The topological polar surface area (TPSA) is 37.4 Å². The van der Waals surface area contributed by atoms with E-state index in [2.05, 4.69) is 15.9 Å². The lowest BCUT2D eigenvalue weighted by Gasteiger charge is -2.34. The molecule has 0 radical (unpaired) electrons. The highest BCUT2D eigenvalue weighted by molar-refractivity contribution is 9.10. The maximum absolute atomic E-state index is 12.9. The Balaban J connectivity index is 2.14. The van der Waals surface area contributed by atoms with Gasteiger partial charge in [-0.25, -0.2) is 0 Å². The Morgan fingerprint density at radius 2 is 1.78 bits per heavy atom. The van der Waals surface area contributed by atoms with Crippen LogP contribution in [-0.4, -0.2) is 16.7 Å². The Labute approximate surface area is 152 Å². The first-order valence-electron chi connectivity index (χ1n) is 6.90. The first-order chi connectivity index (χ1) is 10.9. The largest absolute Gasteiger partial charge is 0.290 e. The van der Waals surface area contributed by atoms with Crippen LogP contribution in [0.5, 0.6) is 0 Å². The summed E-state index contributed by atoms with van der Waals surface area (Å²) < 4.78 is 0.887. The molecule has 1 aliphatic rings. The first-order valence-corrected chi connectivity index (χ1v) is 8.51. The number of rotatable bonds is 2. The maximum Gasteiger partial charge on any atom is 0.225 e. The molecule has 2 unspecified atom stereocenters. The van der Waals surface area contributed by atoms with Gasteiger partial charge < -0.3 is 0 Å². The quantitative estimate of drug-likeness (QED) is 0.518. The summed E-state index contributed by atoms with van der Waals surface area (Å²) in [6.45, 7) is 1.37. The standard InChI is InChI=1S/C17H12BrCl2NO2/c1-10(22)21-14-5-3-2-4-13(14)16(23)17(21,20)15(19)11-6-8-12(18)9-7-11/h2-9,15H,1H3. The van der Waals surface area contributed by atoms with Gasteiger partial charge in [-0.1, -0.05) is 51.8 Å². The molecular weight excluding hydrogens is 401 g/mol. The van der Waals surface area contributed by atoms with Gasteiger partial charge in [-0.15, -0.1) is 11.6 Å². The Morgan fingerprint density at radius 3 is 2.39 bits per heavy atom. The van der Waals surface area contributed by atoms with E-state index in [-0.39, 0.29) is 11.7 Å². The molecule has 118 valence electrons. The molecule has 0 saturated heterocycles. The number of anilines is 1. The zero-order chi connectivity index (χ0) is 16.8. The van der Waals surface area contributed by atoms with Gasteiger partial charge in [-0.05, 0) is 29.8 Å².